The quantitative estimate of drug-likeness (QED) is 0.846. The Kier molecular flexibility index (Phi) is 4.58. The number of rotatable bonds is 3. The first-order valence-electron chi connectivity index (χ1n) is 8.80. The molecule has 0 aromatic carbocycles. The highest BCUT2D eigenvalue weighted by Gasteiger charge is 2.27. The monoisotopic (exact) mass is 375 g/mol. The number of aromatic nitrogens is 4. The van der Waals surface area contributed by atoms with E-state index in [2.05, 4.69) is 25.9 Å². The molecule has 1 saturated carbocycles. The number of amides is 3. The number of anilines is 1. The van der Waals surface area contributed by atoms with Crippen molar-refractivity contribution in [3.8, 4) is 0 Å². The number of carbonyl (C=O) groups excluding carboxylic acids is 2. The fourth-order valence-electron chi connectivity index (χ4n) is 3.42. The molecule has 26 heavy (non-hydrogen) atoms. The maximum absolute atomic E-state index is 12.5. The maximum atomic E-state index is 12.5. The van der Waals surface area contributed by atoms with Crippen LogP contribution in [-0.4, -0.2) is 49.4 Å². The number of aryl methyl sites for hydroxylation is 1. The number of urea groups is 1. The van der Waals surface area contributed by atoms with Gasteiger partial charge in [-0.1, -0.05) is 29.4 Å². The lowest BCUT2D eigenvalue weighted by Gasteiger charge is -2.25. The van der Waals surface area contributed by atoms with Crippen molar-refractivity contribution in [3.05, 3.63) is 22.5 Å². The van der Waals surface area contributed by atoms with Gasteiger partial charge in [-0.2, -0.15) is 0 Å². The third-order valence-electron chi connectivity index (χ3n) is 4.75. The van der Waals surface area contributed by atoms with E-state index < -0.39 is 0 Å². The van der Waals surface area contributed by atoms with Gasteiger partial charge >= 0.3 is 6.03 Å². The highest BCUT2D eigenvalue weighted by atomic mass is 32.1. The van der Waals surface area contributed by atoms with Gasteiger partial charge in [-0.3, -0.25) is 14.8 Å². The van der Waals surface area contributed by atoms with E-state index in [-0.39, 0.29) is 18.0 Å². The van der Waals surface area contributed by atoms with Crippen LogP contribution in [0, 0.1) is 0 Å². The minimum absolute atomic E-state index is 0.134. The molecule has 1 fully saturated rings. The van der Waals surface area contributed by atoms with Gasteiger partial charge < -0.3 is 10.2 Å². The zero-order valence-electron chi connectivity index (χ0n) is 14.6. The molecule has 2 aliphatic rings. The predicted molar refractivity (Wildman–Crippen MR) is 96.0 cm³/mol. The molecule has 0 bridgehead atoms. The predicted octanol–water partition coefficient (Wildman–Crippen LogP) is 1.53. The van der Waals surface area contributed by atoms with Gasteiger partial charge in [0.25, 0.3) is 5.91 Å². The van der Waals surface area contributed by atoms with E-state index in [0.29, 0.717) is 30.3 Å². The van der Waals surface area contributed by atoms with Gasteiger partial charge in [-0.05, 0) is 12.8 Å². The Morgan fingerprint density at radius 1 is 1.31 bits per heavy atom. The highest BCUT2D eigenvalue weighted by molar-refractivity contribution is 7.15. The van der Waals surface area contributed by atoms with E-state index in [1.807, 2.05) is 0 Å². The number of hydrogen-bond acceptors (Lipinski definition) is 6. The molecule has 3 heterocycles. The normalized spacial score (nSPS) is 17.2. The lowest BCUT2D eigenvalue weighted by Crippen LogP contribution is -2.36. The Bertz CT molecular complexity index is 824. The first-order chi connectivity index (χ1) is 12.6. The molecule has 4 rings (SSSR count). The smallest absolute Gasteiger partial charge is 0.321 e. The van der Waals surface area contributed by atoms with Crippen LogP contribution in [-0.2, 0) is 20.0 Å². The molecule has 1 aliphatic heterocycles. The summed E-state index contributed by atoms with van der Waals surface area (Å²) >= 11 is 1.42. The molecule has 10 heteroatoms. The Morgan fingerprint density at radius 2 is 2.12 bits per heavy atom. The van der Waals surface area contributed by atoms with E-state index in [9.17, 15) is 9.59 Å². The number of nitrogens with one attached hydrogen (secondary N) is 2. The number of hydrogen-bond donors (Lipinski definition) is 2. The van der Waals surface area contributed by atoms with Crippen molar-refractivity contribution >= 4 is 28.4 Å². The molecule has 2 N–H and O–H groups in total. The van der Waals surface area contributed by atoms with E-state index >= 15 is 0 Å². The highest BCUT2D eigenvalue weighted by Crippen LogP contribution is 2.29. The van der Waals surface area contributed by atoms with Crippen LogP contribution in [0.1, 0.15) is 46.7 Å². The fourth-order valence-corrected chi connectivity index (χ4v) is 4.44. The van der Waals surface area contributed by atoms with Crippen LogP contribution in [0.2, 0.25) is 0 Å². The van der Waals surface area contributed by atoms with Gasteiger partial charge in [0.15, 0.2) is 10.8 Å². The molecule has 2 aromatic heterocycles. The minimum Gasteiger partial charge on any atom is -0.335 e. The Hall–Kier alpha value is -2.49. The van der Waals surface area contributed by atoms with Gasteiger partial charge in [0, 0.05) is 30.9 Å². The van der Waals surface area contributed by atoms with Crippen LogP contribution >= 0.6 is 11.3 Å². The van der Waals surface area contributed by atoms with Crippen LogP contribution in [0.4, 0.5) is 9.93 Å². The van der Waals surface area contributed by atoms with E-state index in [1.165, 1.54) is 28.9 Å². The number of carbonyl (C=O) groups is 2. The van der Waals surface area contributed by atoms with E-state index in [1.54, 1.807) is 18.1 Å². The number of fused-ring (bicyclic) bond motifs is 1. The lowest BCUT2D eigenvalue weighted by molar-refractivity contribution is 0.0730. The van der Waals surface area contributed by atoms with Crippen LogP contribution in [0.15, 0.2) is 6.20 Å². The summed E-state index contributed by atoms with van der Waals surface area (Å²) < 4.78 is 1.51. The van der Waals surface area contributed by atoms with Crippen molar-refractivity contribution < 1.29 is 9.59 Å². The van der Waals surface area contributed by atoms with Gasteiger partial charge in [-0.25, -0.2) is 9.78 Å². The van der Waals surface area contributed by atoms with E-state index in [0.717, 1.165) is 23.4 Å². The van der Waals surface area contributed by atoms with Gasteiger partial charge in [-0.15, -0.1) is 5.10 Å². The summed E-state index contributed by atoms with van der Waals surface area (Å²) in [5.74, 6) is -0.134. The molecule has 0 spiro atoms. The molecular formula is C16H21N7O2S. The Morgan fingerprint density at radius 3 is 2.85 bits per heavy atom. The molecule has 0 saturated heterocycles. The molecule has 0 radical (unpaired) electrons. The first kappa shape index (κ1) is 17.0. The van der Waals surface area contributed by atoms with Crippen molar-refractivity contribution in [1.29, 1.82) is 0 Å². The topological polar surface area (TPSA) is 105 Å². The summed E-state index contributed by atoms with van der Waals surface area (Å²) in [5.41, 5.74) is 1.30. The average Bonchev–Trinajstić information content (AvgIpc) is 3.34. The average molecular weight is 375 g/mol. The molecule has 1 aliphatic carbocycles. The maximum Gasteiger partial charge on any atom is 0.321 e. The Labute approximate surface area is 154 Å². The minimum atomic E-state index is -0.199. The molecule has 3 amide bonds. The standard InChI is InChI=1S/C16H21N7O2S/c1-22-8-12(20-21-22)14(24)23-7-6-11-13(9-23)26-16(18-11)19-15(25)17-10-4-2-3-5-10/h8,10H,2-7,9H2,1H3,(H2,17,18,19,25). The molecule has 9 nitrogen and oxygen atoms in total. The third kappa shape index (κ3) is 3.55. The lowest BCUT2D eigenvalue weighted by atomic mass is 10.1. The Balaban J connectivity index is 1.38. The molecule has 0 atom stereocenters. The SMILES string of the molecule is Cn1cc(C(=O)N2CCc3nc(NC(=O)NC4CCCC4)sc3C2)nn1. The zero-order chi connectivity index (χ0) is 18.1. The van der Waals surface area contributed by atoms with Crippen LogP contribution in [0.5, 0.6) is 0 Å². The number of nitrogens with zero attached hydrogens (tertiary/aromatic N) is 5. The van der Waals surface area contributed by atoms with Crippen molar-refractivity contribution in [1.82, 2.24) is 30.2 Å². The second kappa shape index (κ2) is 7.02. The number of thiazole rings is 1. The molecular weight excluding hydrogens is 354 g/mol. The van der Waals surface area contributed by atoms with Crippen LogP contribution < -0.4 is 10.6 Å². The second-order valence-corrected chi connectivity index (χ2v) is 7.81. The van der Waals surface area contributed by atoms with Crippen molar-refractivity contribution in [2.24, 2.45) is 7.05 Å². The van der Waals surface area contributed by atoms with Crippen LogP contribution in [0.25, 0.3) is 0 Å². The molecule has 138 valence electrons. The van der Waals surface area contributed by atoms with E-state index in [4.69, 9.17) is 0 Å². The summed E-state index contributed by atoms with van der Waals surface area (Å²) in [4.78, 5) is 31.9. The summed E-state index contributed by atoms with van der Waals surface area (Å²) in [6.45, 7) is 1.06. The molecule has 2 aromatic rings. The summed E-state index contributed by atoms with van der Waals surface area (Å²) in [6.07, 6.45) is 6.72. The fraction of sp³-hybridized carbons (Fsp3) is 0.562. The largest absolute Gasteiger partial charge is 0.335 e. The van der Waals surface area contributed by atoms with Crippen molar-refractivity contribution in [2.45, 2.75) is 44.7 Å². The molecule has 0 unspecified atom stereocenters. The zero-order valence-corrected chi connectivity index (χ0v) is 15.4. The third-order valence-corrected chi connectivity index (χ3v) is 5.75. The summed E-state index contributed by atoms with van der Waals surface area (Å²) in [7, 11) is 1.73. The summed E-state index contributed by atoms with van der Waals surface area (Å²) in [6, 6.07) is 0.0696. The van der Waals surface area contributed by atoms with Crippen molar-refractivity contribution in [2.75, 3.05) is 11.9 Å². The van der Waals surface area contributed by atoms with Gasteiger partial charge in [0.1, 0.15) is 0 Å². The second-order valence-electron chi connectivity index (χ2n) is 6.72. The van der Waals surface area contributed by atoms with Gasteiger partial charge in [0.2, 0.25) is 0 Å². The van der Waals surface area contributed by atoms with Crippen molar-refractivity contribution in [3.63, 3.8) is 0 Å². The first-order valence-corrected chi connectivity index (χ1v) is 9.62. The van der Waals surface area contributed by atoms with Crippen LogP contribution in [0.3, 0.4) is 0 Å². The summed E-state index contributed by atoms with van der Waals surface area (Å²) in [5, 5.41) is 14.1. The van der Waals surface area contributed by atoms with Gasteiger partial charge in [0.05, 0.1) is 18.4 Å².